The van der Waals surface area contributed by atoms with Gasteiger partial charge in [-0.1, -0.05) is 6.92 Å². The molecule has 1 aromatic rings. The van der Waals surface area contributed by atoms with Crippen LogP contribution in [0.25, 0.3) is 0 Å². The van der Waals surface area contributed by atoms with Crippen LogP contribution in [0.15, 0.2) is 6.33 Å². The van der Waals surface area contributed by atoms with Crippen molar-refractivity contribution in [3.63, 3.8) is 0 Å². The standard InChI is InChI=1S/C13H22N4O3S/c1-3-5-14-12-11(20-2)13(17-9-16-12)15-7-10-4-6-21(18,19)8-10/h9-10H,3-8H2,1-2H3,(H2,14,15,16,17). The maximum atomic E-state index is 11.5. The molecule has 2 heterocycles. The normalized spacial score (nSPS) is 20.2. The van der Waals surface area contributed by atoms with Crippen molar-refractivity contribution < 1.29 is 13.2 Å². The number of rotatable bonds is 7. The number of sulfone groups is 1. The SMILES string of the molecule is CCCNc1ncnc(NCC2CCS(=O)(=O)C2)c1OC. The summed E-state index contributed by atoms with van der Waals surface area (Å²) in [6.07, 6.45) is 3.15. The van der Waals surface area contributed by atoms with E-state index < -0.39 is 9.84 Å². The summed E-state index contributed by atoms with van der Waals surface area (Å²) in [4.78, 5) is 8.35. The molecule has 118 valence electrons. The summed E-state index contributed by atoms with van der Waals surface area (Å²) in [6, 6.07) is 0. The molecule has 0 aromatic carbocycles. The summed E-state index contributed by atoms with van der Waals surface area (Å²) >= 11 is 0. The minimum atomic E-state index is -2.85. The monoisotopic (exact) mass is 314 g/mol. The van der Waals surface area contributed by atoms with Crippen LogP contribution in [-0.2, 0) is 9.84 Å². The van der Waals surface area contributed by atoms with Gasteiger partial charge in [-0.25, -0.2) is 18.4 Å². The van der Waals surface area contributed by atoms with Crippen molar-refractivity contribution in [2.24, 2.45) is 5.92 Å². The number of methoxy groups -OCH3 is 1. The number of hydrogen-bond donors (Lipinski definition) is 2. The number of nitrogens with one attached hydrogen (secondary N) is 2. The smallest absolute Gasteiger partial charge is 0.204 e. The number of anilines is 2. The van der Waals surface area contributed by atoms with Gasteiger partial charge < -0.3 is 15.4 Å². The number of ether oxygens (including phenoxy) is 1. The van der Waals surface area contributed by atoms with Crippen LogP contribution in [0.1, 0.15) is 19.8 Å². The molecule has 0 spiro atoms. The molecule has 2 rings (SSSR count). The molecule has 1 aliphatic heterocycles. The molecular weight excluding hydrogens is 292 g/mol. The van der Waals surface area contributed by atoms with E-state index in [0.717, 1.165) is 13.0 Å². The second kappa shape index (κ2) is 6.93. The molecule has 0 amide bonds. The third kappa shape index (κ3) is 4.20. The fourth-order valence-corrected chi connectivity index (χ4v) is 4.20. The van der Waals surface area contributed by atoms with Gasteiger partial charge in [-0.05, 0) is 18.8 Å². The zero-order valence-electron chi connectivity index (χ0n) is 12.4. The molecule has 1 aromatic heterocycles. The lowest BCUT2D eigenvalue weighted by Gasteiger charge is -2.15. The first kappa shape index (κ1) is 15.8. The number of aromatic nitrogens is 2. The van der Waals surface area contributed by atoms with Gasteiger partial charge in [0, 0.05) is 13.1 Å². The third-order valence-electron chi connectivity index (χ3n) is 3.44. The summed E-state index contributed by atoms with van der Waals surface area (Å²) < 4.78 is 28.3. The molecule has 0 saturated carbocycles. The minimum Gasteiger partial charge on any atom is -0.490 e. The van der Waals surface area contributed by atoms with Crippen LogP contribution in [0.4, 0.5) is 11.6 Å². The fraction of sp³-hybridized carbons (Fsp3) is 0.692. The van der Waals surface area contributed by atoms with Crippen LogP contribution in [0.3, 0.4) is 0 Å². The Morgan fingerprint density at radius 1 is 1.33 bits per heavy atom. The van der Waals surface area contributed by atoms with Crippen molar-refractivity contribution in [2.75, 3.05) is 42.3 Å². The molecule has 21 heavy (non-hydrogen) atoms. The lowest BCUT2D eigenvalue weighted by Crippen LogP contribution is -2.17. The molecule has 1 unspecified atom stereocenters. The summed E-state index contributed by atoms with van der Waals surface area (Å²) in [5.74, 6) is 2.46. The Balaban J connectivity index is 2.02. The zero-order valence-corrected chi connectivity index (χ0v) is 13.2. The highest BCUT2D eigenvalue weighted by Crippen LogP contribution is 2.29. The summed E-state index contributed by atoms with van der Waals surface area (Å²) in [5, 5.41) is 6.36. The van der Waals surface area contributed by atoms with Crippen LogP contribution >= 0.6 is 0 Å². The van der Waals surface area contributed by atoms with Gasteiger partial charge in [0.1, 0.15) is 6.33 Å². The van der Waals surface area contributed by atoms with Gasteiger partial charge >= 0.3 is 0 Å². The van der Waals surface area contributed by atoms with Crippen molar-refractivity contribution in [3.8, 4) is 5.75 Å². The largest absolute Gasteiger partial charge is 0.490 e. The first-order valence-electron chi connectivity index (χ1n) is 7.13. The van der Waals surface area contributed by atoms with Crippen molar-refractivity contribution in [2.45, 2.75) is 19.8 Å². The highest BCUT2D eigenvalue weighted by molar-refractivity contribution is 7.91. The predicted octanol–water partition coefficient (Wildman–Crippen LogP) is 1.15. The maximum Gasteiger partial charge on any atom is 0.204 e. The molecule has 2 N–H and O–H groups in total. The average Bonchev–Trinajstić information content (AvgIpc) is 2.82. The highest BCUT2D eigenvalue weighted by Gasteiger charge is 2.28. The topological polar surface area (TPSA) is 93.2 Å². The molecule has 1 aliphatic rings. The minimum absolute atomic E-state index is 0.127. The molecule has 7 nitrogen and oxygen atoms in total. The average molecular weight is 314 g/mol. The van der Waals surface area contributed by atoms with Gasteiger partial charge in [-0.2, -0.15) is 0 Å². The van der Waals surface area contributed by atoms with Gasteiger partial charge in [0.2, 0.25) is 5.75 Å². The Hall–Kier alpha value is -1.57. The lowest BCUT2D eigenvalue weighted by atomic mass is 10.1. The Bertz CT molecular complexity index is 577. The summed E-state index contributed by atoms with van der Waals surface area (Å²) in [6.45, 7) is 3.44. The van der Waals surface area contributed by atoms with Crippen molar-refractivity contribution in [3.05, 3.63) is 6.33 Å². The van der Waals surface area contributed by atoms with E-state index in [1.165, 1.54) is 6.33 Å². The van der Waals surface area contributed by atoms with E-state index in [1.807, 2.05) is 0 Å². The van der Waals surface area contributed by atoms with Gasteiger partial charge in [0.05, 0.1) is 18.6 Å². The molecule has 8 heteroatoms. The fourth-order valence-electron chi connectivity index (χ4n) is 2.34. The molecule has 1 atom stereocenters. The zero-order chi connectivity index (χ0) is 15.3. The van der Waals surface area contributed by atoms with Crippen LogP contribution in [0.2, 0.25) is 0 Å². The van der Waals surface area contributed by atoms with Crippen molar-refractivity contribution in [1.29, 1.82) is 0 Å². The van der Waals surface area contributed by atoms with Gasteiger partial charge in [0.15, 0.2) is 21.5 Å². The molecular formula is C13H22N4O3S. The van der Waals surface area contributed by atoms with Crippen molar-refractivity contribution >= 4 is 21.5 Å². The Morgan fingerprint density at radius 3 is 2.62 bits per heavy atom. The Labute approximate surface area is 125 Å². The van der Waals surface area contributed by atoms with E-state index in [1.54, 1.807) is 7.11 Å². The molecule has 1 fully saturated rings. The second-order valence-corrected chi connectivity index (χ2v) is 7.41. The van der Waals surface area contributed by atoms with E-state index in [9.17, 15) is 8.42 Å². The molecule has 0 bridgehead atoms. The summed E-state index contributed by atoms with van der Waals surface area (Å²) in [5.41, 5.74) is 0. The second-order valence-electron chi connectivity index (χ2n) is 5.18. The predicted molar refractivity (Wildman–Crippen MR) is 82.6 cm³/mol. The molecule has 1 saturated heterocycles. The first-order valence-corrected chi connectivity index (χ1v) is 8.95. The summed E-state index contributed by atoms with van der Waals surface area (Å²) in [7, 11) is -1.28. The number of hydrogen-bond acceptors (Lipinski definition) is 7. The van der Waals surface area contributed by atoms with Crippen molar-refractivity contribution in [1.82, 2.24) is 9.97 Å². The van der Waals surface area contributed by atoms with E-state index in [-0.39, 0.29) is 17.4 Å². The maximum absolute atomic E-state index is 11.5. The number of nitrogens with zero attached hydrogens (tertiary/aromatic N) is 2. The van der Waals surface area contributed by atoms with Crippen LogP contribution < -0.4 is 15.4 Å². The molecule has 0 aliphatic carbocycles. The lowest BCUT2D eigenvalue weighted by molar-refractivity contribution is 0.414. The van der Waals surface area contributed by atoms with Gasteiger partial charge in [-0.3, -0.25) is 0 Å². The van der Waals surface area contributed by atoms with E-state index >= 15 is 0 Å². The quantitative estimate of drug-likeness (QED) is 0.780. The Morgan fingerprint density at radius 2 is 2.05 bits per heavy atom. The van der Waals surface area contributed by atoms with Gasteiger partial charge in [-0.15, -0.1) is 0 Å². The Kier molecular flexibility index (Phi) is 5.22. The van der Waals surface area contributed by atoms with E-state index in [2.05, 4.69) is 27.5 Å². The molecule has 0 radical (unpaired) electrons. The highest BCUT2D eigenvalue weighted by atomic mass is 32.2. The third-order valence-corrected chi connectivity index (χ3v) is 5.27. The van der Waals surface area contributed by atoms with Crippen LogP contribution in [-0.4, -0.2) is 50.1 Å². The van der Waals surface area contributed by atoms with Crippen LogP contribution in [0.5, 0.6) is 5.75 Å². The van der Waals surface area contributed by atoms with E-state index in [4.69, 9.17) is 4.74 Å². The van der Waals surface area contributed by atoms with Crippen LogP contribution in [0, 0.1) is 5.92 Å². The first-order chi connectivity index (χ1) is 10.1. The van der Waals surface area contributed by atoms with E-state index in [0.29, 0.717) is 30.4 Å². The van der Waals surface area contributed by atoms with Gasteiger partial charge in [0.25, 0.3) is 0 Å².